The minimum absolute atomic E-state index is 0.0184. The number of carbonyl (C=O) groups is 1. The largest absolute Gasteiger partial charge is 0.346 e. The van der Waals surface area contributed by atoms with Gasteiger partial charge < -0.3 is 5.32 Å². The Morgan fingerprint density at radius 3 is 2.55 bits per heavy atom. The molecule has 1 aromatic carbocycles. The van der Waals surface area contributed by atoms with E-state index in [0.29, 0.717) is 5.92 Å². The topological polar surface area (TPSA) is 45.2 Å². The van der Waals surface area contributed by atoms with Crippen molar-refractivity contribution in [1.82, 2.24) is 15.2 Å². The summed E-state index contributed by atoms with van der Waals surface area (Å²) < 4.78 is 0. The van der Waals surface area contributed by atoms with Crippen molar-refractivity contribution < 1.29 is 4.79 Å². The molecular formula is C24H33N3OS. The number of nitrogens with zero attached hydrogens (tertiary/aromatic N) is 2. The summed E-state index contributed by atoms with van der Waals surface area (Å²) in [5.41, 5.74) is 2.25. The van der Waals surface area contributed by atoms with Crippen molar-refractivity contribution in [2.24, 2.45) is 11.3 Å². The molecule has 4 nitrogen and oxygen atoms in total. The third-order valence-corrected chi connectivity index (χ3v) is 6.33. The number of rotatable bonds is 6. The molecule has 0 bridgehead atoms. The van der Waals surface area contributed by atoms with Gasteiger partial charge in [0.2, 0.25) is 5.91 Å². The highest BCUT2D eigenvalue weighted by Gasteiger charge is 2.33. The molecule has 0 saturated carbocycles. The molecule has 29 heavy (non-hydrogen) atoms. The smallest absolute Gasteiger partial charge is 0.225 e. The van der Waals surface area contributed by atoms with Gasteiger partial charge in [-0.3, -0.25) is 9.69 Å². The van der Waals surface area contributed by atoms with Crippen molar-refractivity contribution in [3.8, 4) is 0 Å². The third-order valence-electron chi connectivity index (χ3n) is 5.47. The first kappa shape index (κ1) is 21.7. The highest BCUT2D eigenvalue weighted by atomic mass is 32.1. The minimum atomic E-state index is -0.393. The predicted octanol–water partition coefficient (Wildman–Crippen LogP) is 5.16. The van der Waals surface area contributed by atoms with Gasteiger partial charge in [-0.25, -0.2) is 4.98 Å². The summed E-state index contributed by atoms with van der Waals surface area (Å²) >= 11 is 1.64. The SMILES string of the molecule is CC(=Cc1ccccc1)CN1CCC(C(NC(=O)C(C)(C)C)c2nccs2)CC1. The molecule has 1 N–H and O–H groups in total. The second kappa shape index (κ2) is 9.68. The Bertz CT molecular complexity index is 800. The van der Waals surface area contributed by atoms with Crippen LogP contribution in [-0.4, -0.2) is 35.4 Å². The first-order valence-corrected chi connectivity index (χ1v) is 11.4. The average Bonchev–Trinajstić information content (AvgIpc) is 3.21. The molecule has 1 atom stereocenters. The first-order chi connectivity index (χ1) is 13.8. The van der Waals surface area contributed by atoms with Crippen LogP contribution in [-0.2, 0) is 4.79 Å². The van der Waals surface area contributed by atoms with Crippen LogP contribution < -0.4 is 5.32 Å². The van der Waals surface area contributed by atoms with Gasteiger partial charge in [0, 0.05) is 23.5 Å². The number of thiazole rings is 1. The van der Waals surface area contributed by atoms with Gasteiger partial charge in [-0.05, 0) is 44.3 Å². The molecular weight excluding hydrogens is 378 g/mol. The zero-order chi connectivity index (χ0) is 20.9. The Morgan fingerprint density at radius 2 is 1.97 bits per heavy atom. The van der Waals surface area contributed by atoms with Crippen LogP contribution in [0.2, 0.25) is 0 Å². The lowest BCUT2D eigenvalue weighted by molar-refractivity contribution is -0.129. The number of benzene rings is 1. The third kappa shape index (κ3) is 6.25. The van der Waals surface area contributed by atoms with Crippen LogP contribution in [0.4, 0.5) is 0 Å². The summed E-state index contributed by atoms with van der Waals surface area (Å²) in [4.78, 5) is 19.7. The predicted molar refractivity (Wildman–Crippen MR) is 122 cm³/mol. The van der Waals surface area contributed by atoms with Crippen molar-refractivity contribution >= 4 is 23.3 Å². The van der Waals surface area contributed by atoms with Crippen LogP contribution in [0.5, 0.6) is 0 Å². The lowest BCUT2D eigenvalue weighted by Gasteiger charge is -2.36. The maximum Gasteiger partial charge on any atom is 0.225 e. The molecule has 5 heteroatoms. The van der Waals surface area contributed by atoms with E-state index in [1.807, 2.05) is 32.3 Å². The van der Waals surface area contributed by atoms with E-state index in [9.17, 15) is 4.79 Å². The number of hydrogen-bond donors (Lipinski definition) is 1. The van der Waals surface area contributed by atoms with Gasteiger partial charge in [0.25, 0.3) is 0 Å². The average molecular weight is 412 g/mol. The molecule has 2 heterocycles. The Balaban J connectivity index is 1.60. The molecule has 1 aliphatic heterocycles. The lowest BCUT2D eigenvalue weighted by Crippen LogP contribution is -2.44. The Morgan fingerprint density at radius 1 is 1.28 bits per heavy atom. The standard InChI is InChI=1S/C24H33N3OS/c1-18(16-19-8-6-5-7-9-19)17-27-13-10-20(11-14-27)21(22-25-12-15-29-22)26-23(28)24(2,3)4/h5-9,12,15-16,20-21H,10-11,13-14,17H2,1-4H3,(H,26,28). The quantitative estimate of drug-likeness (QED) is 0.714. The molecule has 1 saturated heterocycles. The van der Waals surface area contributed by atoms with Gasteiger partial charge >= 0.3 is 0 Å². The van der Waals surface area contributed by atoms with Crippen molar-refractivity contribution in [2.75, 3.05) is 19.6 Å². The highest BCUT2D eigenvalue weighted by Crippen LogP contribution is 2.33. The molecule has 2 aromatic rings. The summed E-state index contributed by atoms with van der Waals surface area (Å²) in [6.45, 7) is 11.2. The molecule has 0 aliphatic carbocycles. The van der Waals surface area contributed by atoms with E-state index in [-0.39, 0.29) is 11.9 Å². The van der Waals surface area contributed by atoms with E-state index in [1.54, 1.807) is 11.3 Å². The fourth-order valence-electron chi connectivity index (χ4n) is 3.80. The van der Waals surface area contributed by atoms with Gasteiger partial charge in [-0.2, -0.15) is 0 Å². The highest BCUT2D eigenvalue weighted by molar-refractivity contribution is 7.09. The maximum absolute atomic E-state index is 12.6. The number of amides is 1. The van der Waals surface area contributed by atoms with E-state index in [0.717, 1.165) is 37.5 Å². The molecule has 156 valence electrons. The number of aromatic nitrogens is 1. The second-order valence-electron chi connectivity index (χ2n) is 9.09. The minimum Gasteiger partial charge on any atom is -0.346 e. The van der Waals surface area contributed by atoms with E-state index in [4.69, 9.17) is 0 Å². The molecule has 1 amide bonds. The van der Waals surface area contributed by atoms with Crippen molar-refractivity contribution in [1.29, 1.82) is 0 Å². The lowest BCUT2D eigenvalue weighted by atomic mass is 9.87. The molecule has 1 fully saturated rings. The summed E-state index contributed by atoms with van der Waals surface area (Å²) in [5.74, 6) is 0.531. The molecule has 3 rings (SSSR count). The van der Waals surface area contributed by atoms with Crippen LogP contribution >= 0.6 is 11.3 Å². The fourth-order valence-corrected chi connectivity index (χ4v) is 4.58. The maximum atomic E-state index is 12.6. The van der Waals surface area contributed by atoms with Gasteiger partial charge in [-0.1, -0.05) is 62.8 Å². The van der Waals surface area contributed by atoms with E-state index < -0.39 is 5.41 Å². The summed E-state index contributed by atoms with van der Waals surface area (Å²) in [6.07, 6.45) is 6.26. The van der Waals surface area contributed by atoms with Crippen LogP contribution in [0.3, 0.4) is 0 Å². The van der Waals surface area contributed by atoms with E-state index in [1.165, 1.54) is 11.1 Å². The van der Waals surface area contributed by atoms with Crippen molar-refractivity contribution in [3.63, 3.8) is 0 Å². The number of hydrogen-bond acceptors (Lipinski definition) is 4. The zero-order valence-corrected chi connectivity index (χ0v) is 18.8. The van der Waals surface area contributed by atoms with E-state index in [2.05, 4.69) is 58.5 Å². The Kier molecular flexibility index (Phi) is 7.25. The molecule has 0 spiro atoms. The fraction of sp³-hybridized carbons (Fsp3) is 0.500. The monoisotopic (exact) mass is 411 g/mol. The second-order valence-corrected chi connectivity index (χ2v) is 10.0. The number of nitrogens with one attached hydrogen (secondary N) is 1. The normalized spacial score (nSPS) is 17.9. The molecule has 1 unspecified atom stereocenters. The summed E-state index contributed by atoms with van der Waals surface area (Å²) in [6, 6.07) is 10.5. The summed E-state index contributed by atoms with van der Waals surface area (Å²) in [5, 5.41) is 6.32. The van der Waals surface area contributed by atoms with Gasteiger partial charge in [-0.15, -0.1) is 11.3 Å². The molecule has 1 aliphatic rings. The van der Waals surface area contributed by atoms with Gasteiger partial charge in [0.05, 0.1) is 6.04 Å². The first-order valence-electron chi connectivity index (χ1n) is 10.5. The Labute approximate surface area is 179 Å². The number of piperidine rings is 1. The van der Waals surface area contributed by atoms with Gasteiger partial charge in [0.15, 0.2) is 0 Å². The molecule has 0 radical (unpaired) electrons. The molecule has 1 aromatic heterocycles. The number of likely N-dealkylation sites (tertiary alicyclic amines) is 1. The zero-order valence-electron chi connectivity index (χ0n) is 18.0. The Hall–Kier alpha value is -1.98. The van der Waals surface area contributed by atoms with Gasteiger partial charge in [0.1, 0.15) is 5.01 Å². The van der Waals surface area contributed by atoms with Crippen molar-refractivity contribution in [3.05, 3.63) is 58.1 Å². The van der Waals surface area contributed by atoms with E-state index >= 15 is 0 Å². The van der Waals surface area contributed by atoms with Crippen molar-refractivity contribution in [2.45, 2.75) is 46.6 Å². The van der Waals surface area contributed by atoms with Crippen LogP contribution in [0, 0.1) is 11.3 Å². The van der Waals surface area contributed by atoms with Crippen LogP contribution in [0.25, 0.3) is 6.08 Å². The van der Waals surface area contributed by atoms with Crippen LogP contribution in [0.1, 0.15) is 57.1 Å². The summed E-state index contributed by atoms with van der Waals surface area (Å²) in [7, 11) is 0. The van der Waals surface area contributed by atoms with Crippen LogP contribution in [0.15, 0.2) is 47.5 Å². The number of carbonyl (C=O) groups excluding carboxylic acids is 1.